The Morgan fingerprint density at radius 3 is 2.48 bits per heavy atom. The van der Waals surface area contributed by atoms with E-state index in [2.05, 4.69) is 10.3 Å². The molecule has 0 aliphatic heterocycles. The van der Waals surface area contributed by atoms with Crippen LogP contribution in [0.5, 0.6) is 11.5 Å². The summed E-state index contributed by atoms with van der Waals surface area (Å²) >= 11 is 0. The Morgan fingerprint density at radius 1 is 1.00 bits per heavy atom. The molecule has 0 saturated carbocycles. The molecule has 0 fully saturated rings. The van der Waals surface area contributed by atoms with Crippen LogP contribution in [0.4, 0.5) is 5.69 Å². The average Bonchev–Trinajstić information content (AvgIpc) is 3.08. The number of ether oxygens (including phenoxy) is 1. The average molecular weight is 357 g/mol. The maximum Gasteiger partial charge on any atom is 0.230 e. The van der Waals surface area contributed by atoms with Gasteiger partial charge in [-0.3, -0.25) is 4.79 Å². The van der Waals surface area contributed by atoms with Crippen LogP contribution in [0.3, 0.4) is 0 Å². The molecule has 0 radical (unpaired) electrons. The number of imidazole rings is 1. The highest BCUT2D eigenvalue weighted by Crippen LogP contribution is 2.22. The fourth-order valence-corrected chi connectivity index (χ4v) is 2.89. The molecule has 2 aromatic carbocycles. The number of pyridine rings is 1. The van der Waals surface area contributed by atoms with Crippen LogP contribution in [-0.4, -0.2) is 15.3 Å². The molecule has 0 unspecified atom stereocenters. The number of nitrogens with one attached hydrogen (secondary N) is 1. The van der Waals surface area contributed by atoms with Crippen LogP contribution in [0, 0.1) is 6.92 Å². The van der Waals surface area contributed by atoms with Gasteiger partial charge in [0.25, 0.3) is 0 Å². The van der Waals surface area contributed by atoms with Gasteiger partial charge in [-0.15, -0.1) is 0 Å². The zero-order chi connectivity index (χ0) is 18.6. The Kier molecular flexibility index (Phi) is 4.58. The Labute approximate surface area is 157 Å². The second-order valence-corrected chi connectivity index (χ2v) is 6.32. The van der Waals surface area contributed by atoms with Crippen LogP contribution in [0.1, 0.15) is 11.3 Å². The van der Waals surface area contributed by atoms with Crippen LogP contribution in [0.2, 0.25) is 0 Å². The number of anilines is 1. The summed E-state index contributed by atoms with van der Waals surface area (Å²) in [5, 5.41) is 2.90. The second kappa shape index (κ2) is 7.33. The molecule has 0 saturated heterocycles. The summed E-state index contributed by atoms with van der Waals surface area (Å²) in [4.78, 5) is 16.9. The molecule has 1 N–H and O–H groups in total. The summed E-state index contributed by atoms with van der Waals surface area (Å²) < 4.78 is 7.69. The van der Waals surface area contributed by atoms with Crippen molar-refractivity contribution in [3.05, 3.63) is 90.4 Å². The first-order valence-electron chi connectivity index (χ1n) is 8.73. The number of amides is 1. The minimum absolute atomic E-state index is 0.104. The lowest BCUT2D eigenvalue weighted by Gasteiger charge is -2.07. The van der Waals surface area contributed by atoms with Gasteiger partial charge in [-0.1, -0.05) is 24.3 Å². The first kappa shape index (κ1) is 16.8. The molecule has 27 heavy (non-hydrogen) atoms. The molecule has 4 rings (SSSR count). The van der Waals surface area contributed by atoms with Crippen LogP contribution in [0.15, 0.2) is 79.1 Å². The molecule has 1 amide bonds. The summed E-state index contributed by atoms with van der Waals surface area (Å²) in [6.45, 7) is 2.01. The van der Waals surface area contributed by atoms with E-state index in [-0.39, 0.29) is 12.3 Å². The van der Waals surface area contributed by atoms with Crippen molar-refractivity contribution in [1.82, 2.24) is 9.38 Å². The van der Waals surface area contributed by atoms with E-state index in [1.165, 1.54) is 0 Å². The molecular formula is C22H19N3O2. The summed E-state index contributed by atoms with van der Waals surface area (Å²) in [5.74, 6) is 1.39. The largest absolute Gasteiger partial charge is 0.457 e. The molecule has 2 heterocycles. The van der Waals surface area contributed by atoms with Gasteiger partial charge in [0.2, 0.25) is 5.91 Å². The SMILES string of the molecule is Cc1cccn2cc(CC(=O)Nc3ccc(Oc4ccccc4)cc3)nc12. The zero-order valence-electron chi connectivity index (χ0n) is 14.9. The van der Waals surface area contributed by atoms with Crippen molar-refractivity contribution in [2.24, 2.45) is 0 Å². The lowest BCUT2D eigenvalue weighted by Crippen LogP contribution is -2.14. The lowest BCUT2D eigenvalue weighted by atomic mass is 10.2. The number of hydrogen-bond acceptors (Lipinski definition) is 3. The molecule has 134 valence electrons. The minimum atomic E-state index is -0.104. The molecule has 0 bridgehead atoms. The van der Waals surface area contributed by atoms with Gasteiger partial charge in [-0.05, 0) is 55.0 Å². The Morgan fingerprint density at radius 2 is 1.74 bits per heavy atom. The fourth-order valence-electron chi connectivity index (χ4n) is 2.89. The van der Waals surface area contributed by atoms with E-state index in [0.29, 0.717) is 0 Å². The van der Waals surface area contributed by atoms with Gasteiger partial charge in [0.05, 0.1) is 12.1 Å². The first-order chi connectivity index (χ1) is 13.2. The van der Waals surface area contributed by atoms with Crippen molar-refractivity contribution >= 4 is 17.2 Å². The number of hydrogen-bond donors (Lipinski definition) is 1. The van der Waals surface area contributed by atoms with Crippen LogP contribution in [0.25, 0.3) is 5.65 Å². The Balaban J connectivity index is 1.39. The van der Waals surface area contributed by atoms with E-state index in [4.69, 9.17) is 4.74 Å². The molecular weight excluding hydrogens is 338 g/mol. The summed E-state index contributed by atoms with van der Waals surface area (Å²) in [5.41, 5.74) is 3.42. The number of fused-ring (bicyclic) bond motifs is 1. The zero-order valence-corrected chi connectivity index (χ0v) is 14.9. The molecule has 0 spiro atoms. The van der Waals surface area contributed by atoms with E-state index in [1.54, 1.807) is 0 Å². The monoisotopic (exact) mass is 357 g/mol. The van der Waals surface area contributed by atoms with E-state index in [9.17, 15) is 4.79 Å². The third-order valence-corrected chi connectivity index (χ3v) is 4.19. The number of aromatic nitrogens is 2. The number of benzene rings is 2. The number of aryl methyl sites for hydroxylation is 1. The number of carbonyl (C=O) groups is 1. The van der Waals surface area contributed by atoms with Gasteiger partial charge in [0.1, 0.15) is 17.1 Å². The Hall–Kier alpha value is -3.60. The standard InChI is InChI=1S/C22H19N3O2/c1-16-6-5-13-25-15-18(24-22(16)25)14-21(26)23-17-9-11-20(12-10-17)27-19-7-3-2-4-8-19/h2-13,15H,14H2,1H3,(H,23,26). The van der Waals surface area contributed by atoms with Gasteiger partial charge >= 0.3 is 0 Å². The van der Waals surface area contributed by atoms with Crippen molar-refractivity contribution in [2.45, 2.75) is 13.3 Å². The van der Waals surface area contributed by atoms with Gasteiger partial charge in [0.15, 0.2) is 0 Å². The van der Waals surface area contributed by atoms with E-state index in [0.717, 1.165) is 34.1 Å². The normalized spacial score (nSPS) is 10.7. The van der Waals surface area contributed by atoms with E-state index in [1.807, 2.05) is 90.4 Å². The second-order valence-electron chi connectivity index (χ2n) is 6.32. The van der Waals surface area contributed by atoms with Crippen LogP contribution in [-0.2, 0) is 11.2 Å². The number of nitrogens with zero attached hydrogens (tertiary/aromatic N) is 2. The van der Waals surface area contributed by atoms with Crippen LogP contribution < -0.4 is 10.1 Å². The topological polar surface area (TPSA) is 55.6 Å². The highest BCUT2D eigenvalue weighted by atomic mass is 16.5. The van der Waals surface area contributed by atoms with E-state index < -0.39 is 0 Å². The van der Waals surface area contributed by atoms with Gasteiger partial charge in [-0.25, -0.2) is 4.98 Å². The number of carbonyl (C=O) groups excluding carboxylic acids is 1. The summed E-state index contributed by atoms with van der Waals surface area (Å²) in [6, 6.07) is 20.9. The minimum Gasteiger partial charge on any atom is -0.457 e. The highest BCUT2D eigenvalue weighted by molar-refractivity contribution is 5.92. The van der Waals surface area contributed by atoms with Crippen molar-refractivity contribution < 1.29 is 9.53 Å². The molecule has 5 nitrogen and oxygen atoms in total. The predicted molar refractivity (Wildman–Crippen MR) is 105 cm³/mol. The molecule has 0 aliphatic rings. The lowest BCUT2D eigenvalue weighted by molar-refractivity contribution is -0.115. The van der Waals surface area contributed by atoms with Crippen molar-refractivity contribution in [2.75, 3.05) is 5.32 Å². The van der Waals surface area contributed by atoms with Gasteiger partial charge < -0.3 is 14.5 Å². The van der Waals surface area contributed by atoms with Crippen molar-refractivity contribution in [1.29, 1.82) is 0 Å². The van der Waals surface area contributed by atoms with Gasteiger partial charge in [0, 0.05) is 18.1 Å². The summed E-state index contributed by atoms with van der Waals surface area (Å²) in [7, 11) is 0. The van der Waals surface area contributed by atoms with Crippen molar-refractivity contribution in [3.8, 4) is 11.5 Å². The molecule has 5 heteroatoms. The molecule has 0 atom stereocenters. The van der Waals surface area contributed by atoms with Crippen LogP contribution >= 0.6 is 0 Å². The molecule has 0 aliphatic carbocycles. The predicted octanol–water partition coefficient (Wildman–Crippen LogP) is 4.62. The maximum atomic E-state index is 12.3. The van der Waals surface area contributed by atoms with Crippen molar-refractivity contribution in [3.63, 3.8) is 0 Å². The smallest absolute Gasteiger partial charge is 0.230 e. The highest BCUT2D eigenvalue weighted by Gasteiger charge is 2.09. The fraction of sp³-hybridized carbons (Fsp3) is 0.0909. The number of rotatable bonds is 5. The van der Waals surface area contributed by atoms with Gasteiger partial charge in [-0.2, -0.15) is 0 Å². The third-order valence-electron chi connectivity index (χ3n) is 4.19. The number of para-hydroxylation sites is 1. The summed E-state index contributed by atoms with van der Waals surface area (Å²) in [6.07, 6.45) is 4.05. The third kappa shape index (κ3) is 3.98. The Bertz CT molecular complexity index is 1070. The molecule has 2 aromatic heterocycles. The maximum absolute atomic E-state index is 12.3. The molecule has 4 aromatic rings. The quantitative estimate of drug-likeness (QED) is 0.567. The first-order valence-corrected chi connectivity index (χ1v) is 8.73. The van der Waals surface area contributed by atoms with E-state index >= 15 is 0 Å².